The molecular weight excluding hydrogens is 108 g/mol. The SMILES string of the molecule is [CH2]CCCC[S+]=O. The molecule has 0 spiro atoms. The van der Waals surface area contributed by atoms with E-state index in [4.69, 9.17) is 0 Å². The van der Waals surface area contributed by atoms with Gasteiger partial charge >= 0.3 is 11.7 Å². The third kappa shape index (κ3) is 6.02. The lowest BCUT2D eigenvalue weighted by molar-refractivity contribution is 0.603. The van der Waals surface area contributed by atoms with Gasteiger partial charge in [0.05, 0.1) is 0 Å². The van der Waals surface area contributed by atoms with Crippen LogP contribution in [0, 0.1) is 6.92 Å². The minimum Gasteiger partial charge on any atom is -0.0533 e. The van der Waals surface area contributed by atoms with Crippen molar-refractivity contribution in [2.24, 2.45) is 0 Å². The van der Waals surface area contributed by atoms with Crippen molar-refractivity contribution in [1.29, 1.82) is 0 Å². The van der Waals surface area contributed by atoms with Crippen molar-refractivity contribution in [3.63, 3.8) is 0 Å². The van der Waals surface area contributed by atoms with Crippen LogP contribution in [0.2, 0.25) is 0 Å². The Morgan fingerprint density at radius 3 is 2.57 bits per heavy atom. The molecule has 1 nitrogen and oxygen atoms in total. The molecular formula is C5H10OS+. The van der Waals surface area contributed by atoms with Gasteiger partial charge in [-0.15, -0.1) is 0 Å². The zero-order valence-electron chi connectivity index (χ0n) is 4.35. The van der Waals surface area contributed by atoms with Crippen LogP contribution in [0.1, 0.15) is 19.3 Å². The largest absolute Gasteiger partial charge is 0.458 e. The first kappa shape index (κ1) is 7.02. The summed E-state index contributed by atoms with van der Waals surface area (Å²) in [6.45, 7) is 3.65. The second-order valence-electron chi connectivity index (χ2n) is 1.38. The lowest BCUT2D eigenvalue weighted by Crippen LogP contribution is -1.78. The molecule has 2 heteroatoms. The van der Waals surface area contributed by atoms with E-state index in [1.165, 1.54) is 0 Å². The van der Waals surface area contributed by atoms with Crippen LogP contribution in [-0.2, 0) is 15.9 Å². The summed E-state index contributed by atoms with van der Waals surface area (Å²) in [6.07, 6.45) is 3.08. The zero-order chi connectivity index (χ0) is 5.54. The van der Waals surface area contributed by atoms with Gasteiger partial charge < -0.3 is 0 Å². The normalized spacial score (nSPS) is 8.71. The Morgan fingerprint density at radius 2 is 2.14 bits per heavy atom. The summed E-state index contributed by atoms with van der Waals surface area (Å²) in [6, 6.07) is 0. The predicted molar refractivity (Wildman–Crippen MR) is 32.1 cm³/mol. The fourth-order valence-electron chi connectivity index (χ4n) is 0.338. The average Bonchev–Trinajstić information content (AvgIpc) is 1.69. The monoisotopic (exact) mass is 118 g/mol. The molecule has 0 unspecified atom stereocenters. The molecule has 0 bridgehead atoms. The maximum Gasteiger partial charge on any atom is 0.458 e. The third-order valence-electron chi connectivity index (χ3n) is 0.728. The van der Waals surface area contributed by atoms with Gasteiger partial charge in [0.25, 0.3) is 0 Å². The zero-order valence-corrected chi connectivity index (χ0v) is 5.17. The Balaban J connectivity index is 2.56. The molecule has 0 saturated heterocycles. The first-order valence-corrected chi connectivity index (χ1v) is 3.37. The molecule has 0 aliphatic carbocycles. The van der Waals surface area contributed by atoms with Crippen molar-refractivity contribution >= 4 is 11.7 Å². The van der Waals surface area contributed by atoms with Crippen LogP contribution in [0.15, 0.2) is 0 Å². The maximum absolute atomic E-state index is 9.70. The molecule has 41 valence electrons. The lowest BCUT2D eigenvalue weighted by atomic mass is 10.3. The maximum atomic E-state index is 9.70. The van der Waals surface area contributed by atoms with E-state index < -0.39 is 0 Å². The van der Waals surface area contributed by atoms with Gasteiger partial charge in [0.1, 0.15) is 0 Å². The van der Waals surface area contributed by atoms with Gasteiger partial charge in [0.2, 0.25) is 5.75 Å². The van der Waals surface area contributed by atoms with Gasteiger partial charge in [-0.1, -0.05) is 13.3 Å². The molecule has 0 heterocycles. The number of unbranched alkanes of at least 4 members (excludes halogenated alkanes) is 2. The van der Waals surface area contributed by atoms with E-state index in [1.807, 2.05) is 0 Å². The fourth-order valence-corrected chi connectivity index (χ4v) is 0.660. The van der Waals surface area contributed by atoms with Crippen molar-refractivity contribution in [2.75, 3.05) is 5.75 Å². The lowest BCUT2D eigenvalue weighted by Gasteiger charge is -1.79. The van der Waals surface area contributed by atoms with Crippen molar-refractivity contribution in [3.8, 4) is 0 Å². The van der Waals surface area contributed by atoms with Crippen molar-refractivity contribution in [1.82, 2.24) is 0 Å². The van der Waals surface area contributed by atoms with E-state index in [0.717, 1.165) is 25.0 Å². The summed E-state index contributed by atoms with van der Waals surface area (Å²) in [5, 5.41) is 0. The van der Waals surface area contributed by atoms with Crippen LogP contribution in [0.3, 0.4) is 0 Å². The molecule has 0 atom stereocenters. The van der Waals surface area contributed by atoms with Crippen LogP contribution in [-0.4, -0.2) is 5.75 Å². The Bertz CT molecular complexity index is 45.3. The molecule has 0 saturated carbocycles. The summed E-state index contributed by atoms with van der Waals surface area (Å²) in [5.41, 5.74) is 0. The van der Waals surface area contributed by atoms with Gasteiger partial charge in [-0.3, -0.25) is 0 Å². The second kappa shape index (κ2) is 6.02. The molecule has 0 aliphatic rings. The van der Waals surface area contributed by atoms with Crippen LogP contribution in [0.5, 0.6) is 0 Å². The quantitative estimate of drug-likeness (QED) is 0.403. The van der Waals surface area contributed by atoms with Gasteiger partial charge in [0, 0.05) is 10.6 Å². The topological polar surface area (TPSA) is 17.1 Å². The summed E-state index contributed by atoms with van der Waals surface area (Å²) in [4.78, 5) is 0. The van der Waals surface area contributed by atoms with E-state index >= 15 is 0 Å². The van der Waals surface area contributed by atoms with Gasteiger partial charge in [-0.25, -0.2) is 0 Å². The van der Waals surface area contributed by atoms with E-state index in [9.17, 15) is 4.21 Å². The third-order valence-corrected chi connectivity index (χ3v) is 1.18. The van der Waals surface area contributed by atoms with Gasteiger partial charge in [-0.2, -0.15) is 0 Å². The first-order valence-electron chi connectivity index (χ1n) is 2.46. The molecule has 0 aromatic rings. The minimum atomic E-state index is 0.664. The Hall–Kier alpha value is 0.0200. The highest BCUT2D eigenvalue weighted by Gasteiger charge is 1.93. The molecule has 0 fully saturated rings. The molecule has 0 aromatic carbocycles. The predicted octanol–water partition coefficient (Wildman–Crippen LogP) is 1.42. The summed E-state index contributed by atoms with van der Waals surface area (Å²) < 4.78 is 9.70. The van der Waals surface area contributed by atoms with E-state index in [-0.39, 0.29) is 0 Å². The van der Waals surface area contributed by atoms with E-state index in [0.29, 0.717) is 11.7 Å². The number of rotatable bonds is 4. The van der Waals surface area contributed by atoms with Crippen molar-refractivity contribution in [3.05, 3.63) is 6.92 Å². The van der Waals surface area contributed by atoms with Crippen LogP contribution < -0.4 is 0 Å². The summed E-state index contributed by atoms with van der Waals surface area (Å²) in [7, 11) is 0. The summed E-state index contributed by atoms with van der Waals surface area (Å²) >= 11 is 0.664. The van der Waals surface area contributed by atoms with E-state index in [1.54, 1.807) is 0 Å². The van der Waals surface area contributed by atoms with Gasteiger partial charge in [0.15, 0.2) is 0 Å². The smallest absolute Gasteiger partial charge is 0.0533 e. The van der Waals surface area contributed by atoms with E-state index in [2.05, 4.69) is 6.92 Å². The minimum absolute atomic E-state index is 0.664. The number of hydrogen-bond donors (Lipinski definition) is 0. The van der Waals surface area contributed by atoms with Gasteiger partial charge in [-0.05, 0) is 6.42 Å². The molecule has 7 heavy (non-hydrogen) atoms. The highest BCUT2D eigenvalue weighted by Crippen LogP contribution is 1.90. The highest BCUT2D eigenvalue weighted by molar-refractivity contribution is 7.65. The second-order valence-corrected chi connectivity index (χ2v) is 2.03. The summed E-state index contributed by atoms with van der Waals surface area (Å²) in [5.74, 6) is 0.746. The Labute approximate surface area is 48.6 Å². The average molecular weight is 118 g/mol. The standard InChI is InChI=1S/C5H10OS/c1-2-3-4-5-7-6/h1-5H2/q+1. The molecule has 0 N–H and O–H groups in total. The molecule has 0 aliphatic heterocycles. The molecule has 1 radical (unpaired) electrons. The highest BCUT2D eigenvalue weighted by atomic mass is 32.1. The fraction of sp³-hybridized carbons (Fsp3) is 0.800. The molecule has 0 aromatic heterocycles. The van der Waals surface area contributed by atoms with Crippen LogP contribution in [0.4, 0.5) is 0 Å². The molecule has 0 amide bonds. The first-order chi connectivity index (χ1) is 3.41. The Kier molecular flexibility index (Phi) is 6.04. The Morgan fingerprint density at radius 1 is 1.43 bits per heavy atom. The number of hydrogen-bond acceptors (Lipinski definition) is 1. The van der Waals surface area contributed by atoms with Crippen molar-refractivity contribution in [2.45, 2.75) is 19.3 Å². The molecule has 0 rings (SSSR count). The van der Waals surface area contributed by atoms with Crippen molar-refractivity contribution < 1.29 is 4.21 Å². The van der Waals surface area contributed by atoms with Crippen LogP contribution >= 0.6 is 0 Å². The van der Waals surface area contributed by atoms with Crippen LogP contribution in [0.25, 0.3) is 0 Å².